The molecule has 1 aliphatic rings. The Morgan fingerprint density at radius 1 is 0.926 bits per heavy atom. The Morgan fingerprint density at radius 2 is 1.67 bits per heavy atom. The van der Waals surface area contributed by atoms with Gasteiger partial charge in [-0.15, -0.1) is 0 Å². The van der Waals surface area contributed by atoms with Gasteiger partial charge in [0.25, 0.3) is 11.8 Å². The topological polar surface area (TPSA) is 62.3 Å². The minimum Gasteiger partial charge on any atom is -0.322 e. The third-order valence-electron chi connectivity index (χ3n) is 4.63. The number of nitrogens with zero attached hydrogens (tertiary/aromatic N) is 2. The van der Waals surface area contributed by atoms with Gasteiger partial charge < -0.3 is 10.2 Å². The minimum absolute atomic E-state index is 0.135. The lowest BCUT2D eigenvalue weighted by molar-refractivity contribution is 0.0984. The Labute approximate surface area is 157 Å². The van der Waals surface area contributed by atoms with Crippen molar-refractivity contribution in [1.82, 2.24) is 4.98 Å². The van der Waals surface area contributed by atoms with Crippen LogP contribution in [-0.4, -0.2) is 23.3 Å². The Balaban J connectivity index is 1.58. The number of carbonyl (C=O) groups is 2. The highest BCUT2D eigenvalue weighted by Gasteiger charge is 2.24. The molecule has 3 aromatic rings. The van der Waals surface area contributed by atoms with Crippen LogP contribution < -0.4 is 10.2 Å². The van der Waals surface area contributed by atoms with Crippen molar-refractivity contribution in [3.63, 3.8) is 0 Å². The number of anilines is 2. The lowest BCUT2D eigenvalue weighted by Gasteiger charge is -2.29. The van der Waals surface area contributed by atoms with Crippen LogP contribution in [0.4, 0.5) is 11.4 Å². The number of carbonyl (C=O) groups excluding carboxylic acids is 2. The Kier molecular flexibility index (Phi) is 4.66. The number of aromatic nitrogens is 1. The summed E-state index contributed by atoms with van der Waals surface area (Å²) in [6.07, 6.45) is 4.88. The van der Waals surface area contributed by atoms with E-state index in [1.807, 2.05) is 48.5 Å². The van der Waals surface area contributed by atoms with Gasteiger partial charge in [-0.25, -0.2) is 0 Å². The summed E-state index contributed by atoms with van der Waals surface area (Å²) in [5.74, 6) is -0.425. The first-order valence-electron chi connectivity index (χ1n) is 8.93. The molecule has 1 aliphatic heterocycles. The van der Waals surface area contributed by atoms with Gasteiger partial charge in [0.05, 0.1) is 11.1 Å². The summed E-state index contributed by atoms with van der Waals surface area (Å²) in [7, 11) is 0. The average Bonchev–Trinajstić information content (AvgIpc) is 2.73. The van der Waals surface area contributed by atoms with Crippen molar-refractivity contribution >= 4 is 23.2 Å². The fourth-order valence-electron chi connectivity index (χ4n) is 3.31. The maximum Gasteiger partial charge on any atom is 0.259 e. The number of pyridine rings is 1. The van der Waals surface area contributed by atoms with Crippen LogP contribution in [0.1, 0.15) is 32.7 Å². The largest absolute Gasteiger partial charge is 0.322 e. The van der Waals surface area contributed by atoms with Crippen molar-refractivity contribution in [1.29, 1.82) is 0 Å². The molecule has 5 nitrogen and oxygen atoms in total. The van der Waals surface area contributed by atoms with Gasteiger partial charge in [0.15, 0.2) is 0 Å². The van der Waals surface area contributed by atoms with E-state index < -0.39 is 0 Å². The quantitative estimate of drug-likeness (QED) is 0.773. The molecular weight excluding hydrogens is 338 g/mol. The van der Waals surface area contributed by atoms with Crippen LogP contribution >= 0.6 is 0 Å². The monoisotopic (exact) mass is 357 g/mol. The first kappa shape index (κ1) is 17.0. The first-order chi connectivity index (χ1) is 13.2. The maximum absolute atomic E-state index is 13.0. The Hall–Kier alpha value is -3.47. The average molecular weight is 357 g/mol. The number of rotatable bonds is 3. The summed E-state index contributed by atoms with van der Waals surface area (Å²) in [4.78, 5) is 31.4. The van der Waals surface area contributed by atoms with Gasteiger partial charge in [-0.2, -0.15) is 0 Å². The van der Waals surface area contributed by atoms with E-state index in [9.17, 15) is 9.59 Å². The van der Waals surface area contributed by atoms with Crippen LogP contribution in [0.2, 0.25) is 0 Å². The predicted octanol–water partition coefficient (Wildman–Crippen LogP) is 3.93. The SMILES string of the molecule is O=C(Nc1ccccc1)c1cncc(C(=O)N2CCCc3ccccc32)c1. The molecule has 0 bridgehead atoms. The predicted molar refractivity (Wildman–Crippen MR) is 105 cm³/mol. The Bertz CT molecular complexity index is 986. The van der Waals surface area contributed by atoms with Crippen molar-refractivity contribution in [2.45, 2.75) is 12.8 Å². The lowest BCUT2D eigenvalue weighted by atomic mass is 10.0. The van der Waals surface area contributed by atoms with Crippen LogP contribution in [0.5, 0.6) is 0 Å². The molecule has 0 saturated carbocycles. The highest BCUT2D eigenvalue weighted by Crippen LogP contribution is 2.28. The van der Waals surface area contributed by atoms with E-state index in [0.717, 1.165) is 18.5 Å². The van der Waals surface area contributed by atoms with E-state index in [0.29, 0.717) is 23.4 Å². The molecule has 2 aromatic carbocycles. The molecule has 0 radical (unpaired) electrons. The van der Waals surface area contributed by atoms with Crippen LogP contribution in [0.25, 0.3) is 0 Å². The molecule has 0 unspecified atom stereocenters. The summed E-state index contributed by atoms with van der Waals surface area (Å²) in [5, 5.41) is 2.82. The summed E-state index contributed by atoms with van der Waals surface area (Å²) < 4.78 is 0. The normalized spacial score (nSPS) is 13.0. The molecule has 0 fully saturated rings. The van der Waals surface area contributed by atoms with E-state index >= 15 is 0 Å². The maximum atomic E-state index is 13.0. The molecule has 27 heavy (non-hydrogen) atoms. The zero-order valence-corrected chi connectivity index (χ0v) is 14.8. The Morgan fingerprint density at radius 3 is 2.52 bits per heavy atom. The van der Waals surface area contributed by atoms with Gasteiger partial charge in [-0.05, 0) is 42.7 Å². The van der Waals surface area contributed by atoms with Crippen LogP contribution in [-0.2, 0) is 6.42 Å². The molecule has 0 aliphatic carbocycles. The standard InChI is InChI=1S/C22H19N3O2/c26-21(24-19-9-2-1-3-10-19)17-13-18(15-23-14-17)22(27)25-12-6-8-16-7-4-5-11-20(16)25/h1-5,7,9-11,13-15H,6,8,12H2,(H,24,26). The van der Waals surface area contributed by atoms with Gasteiger partial charge in [0.2, 0.25) is 0 Å². The molecule has 4 rings (SSSR count). The van der Waals surface area contributed by atoms with Crippen molar-refractivity contribution in [3.8, 4) is 0 Å². The molecular formula is C22H19N3O2. The van der Waals surface area contributed by atoms with Crippen molar-refractivity contribution in [3.05, 3.63) is 89.7 Å². The van der Waals surface area contributed by atoms with Crippen LogP contribution in [0.3, 0.4) is 0 Å². The number of benzene rings is 2. The second-order valence-electron chi connectivity index (χ2n) is 6.47. The molecule has 2 amide bonds. The lowest BCUT2D eigenvalue weighted by Crippen LogP contribution is -2.35. The van der Waals surface area contributed by atoms with Crippen LogP contribution in [0, 0.1) is 0 Å². The summed E-state index contributed by atoms with van der Waals surface area (Å²) >= 11 is 0. The third kappa shape index (κ3) is 3.58. The zero-order valence-electron chi connectivity index (χ0n) is 14.8. The zero-order chi connectivity index (χ0) is 18.6. The minimum atomic E-state index is -0.289. The molecule has 0 spiro atoms. The molecule has 2 heterocycles. The third-order valence-corrected chi connectivity index (χ3v) is 4.63. The number of amides is 2. The molecule has 1 aromatic heterocycles. The number of aryl methyl sites for hydroxylation is 1. The molecule has 5 heteroatoms. The number of fused-ring (bicyclic) bond motifs is 1. The summed E-state index contributed by atoms with van der Waals surface area (Å²) in [6.45, 7) is 0.663. The van der Waals surface area contributed by atoms with E-state index in [-0.39, 0.29) is 11.8 Å². The first-order valence-corrected chi connectivity index (χ1v) is 8.93. The summed E-state index contributed by atoms with van der Waals surface area (Å²) in [6, 6.07) is 18.7. The number of hydrogen-bond acceptors (Lipinski definition) is 3. The summed E-state index contributed by atoms with van der Waals surface area (Å²) in [5.41, 5.74) is 3.57. The van der Waals surface area contributed by atoms with Gasteiger partial charge >= 0.3 is 0 Å². The molecule has 1 N–H and O–H groups in total. The molecule has 0 saturated heterocycles. The second kappa shape index (κ2) is 7.41. The van der Waals surface area contributed by atoms with Crippen molar-refractivity contribution in [2.75, 3.05) is 16.8 Å². The van der Waals surface area contributed by atoms with E-state index in [1.165, 1.54) is 18.0 Å². The van der Waals surface area contributed by atoms with Crippen LogP contribution in [0.15, 0.2) is 73.1 Å². The molecule has 134 valence electrons. The highest BCUT2D eigenvalue weighted by molar-refractivity contribution is 6.09. The van der Waals surface area contributed by atoms with Gasteiger partial charge in [-0.3, -0.25) is 14.6 Å². The smallest absolute Gasteiger partial charge is 0.259 e. The van der Waals surface area contributed by atoms with E-state index in [4.69, 9.17) is 0 Å². The van der Waals surface area contributed by atoms with E-state index in [2.05, 4.69) is 16.4 Å². The highest BCUT2D eigenvalue weighted by atomic mass is 16.2. The van der Waals surface area contributed by atoms with E-state index in [1.54, 1.807) is 11.0 Å². The number of para-hydroxylation sites is 2. The second-order valence-corrected chi connectivity index (χ2v) is 6.47. The number of nitrogens with one attached hydrogen (secondary N) is 1. The van der Waals surface area contributed by atoms with Gasteiger partial charge in [0.1, 0.15) is 0 Å². The fourth-order valence-corrected chi connectivity index (χ4v) is 3.31. The molecule has 0 atom stereocenters. The van der Waals surface area contributed by atoms with Crippen molar-refractivity contribution in [2.24, 2.45) is 0 Å². The van der Waals surface area contributed by atoms with Gasteiger partial charge in [0, 0.05) is 30.3 Å². The number of hydrogen-bond donors (Lipinski definition) is 1. The van der Waals surface area contributed by atoms with Gasteiger partial charge in [-0.1, -0.05) is 36.4 Å². The fraction of sp³-hybridized carbons (Fsp3) is 0.136. The van der Waals surface area contributed by atoms with Crippen molar-refractivity contribution < 1.29 is 9.59 Å².